The van der Waals surface area contributed by atoms with Gasteiger partial charge in [0.15, 0.2) is 0 Å². The van der Waals surface area contributed by atoms with Crippen LogP contribution in [0.15, 0.2) is 29.4 Å². The lowest BCUT2D eigenvalue weighted by Crippen LogP contribution is -2.42. The van der Waals surface area contributed by atoms with Crippen LogP contribution in [-0.4, -0.2) is 56.9 Å². The van der Waals surface area contributed by atoms with Crippen molar-refractivity contribution in [1.82, 2.24) is 19.9 Å². The monoisotopic (exact) mass is 326 g/mol. The van der Waals surface area contributed by atoms with E-state index in [1.807, 2.05) is 7.05 Å². The Kier molecular flexibility index (Phi) is 5.49. The summed E-state index contributed by atoms with van der Waals surface area (Å²) in [6.45, 7) is 0.331. The van der Waals surface area contributed by atoms with Gasteiger partial charge in [-0.15, -0.1) is 0 Å². The van der Waals surface area contributed by atoms with Crippen molar-refractivity contribution in [2.24, 2.45) is 0 Å². The number of likely N-dealkylation sites (tertiary alicyclic amines) is 1. The first-order valence-electron chi connectivity index (χ1n) is 7.26. The van der Waals surface area contributed by atoms with Crippen LogP contribution in [0.1, 0.15) is 19.3 Å². The van der Waals surface area contributed by atoms with Crippen molar-refractivity contribution in [2.45, 2.75) is 36.2 Å². The molecule has 2 heterocycles. The summed E-state index contributed by atoms with van der Waals surface area (Å²) in [6, 6.07) is 3.37. The number of hydrogen-bond acceptors (Lipinski definition) is 5. The number of nitrogens with zero attached hydrogens (tertiary/aromatic N) is 2. The number of pyridine rings is 1. The fraction of sp³-hybridized carbons (Fsp3) is 0.571. The third-order valence-corrected chi connectivity index (χ3v) is 5.55. The summed E-state index contributed by atoms with van der Waals surface area (Å²) in [5.41, 5.74) is 0. The maximum atomic E-state index is 12.2. The Balaban J connectivity index is 1.91. The molecule has 2 atom stereocenters. The van der Waals surface area contributed by atoms with E-state index in [0.29, 0.717) is 13.0 Å². The molecule has 1 saturated heterocycles. The highest BCUT2D eigenvalue weighted by molar-refractivity contribution is 7.89. The van der Waals surface area contributed by atoms with Gasteiger partial charge in [0, 0.05) is 44.5 Å². The summed E-state index contributed by atoms with van der Waals surface area (Å²) in [6.07, 6.45) is 5.07. The Labute approximate surface area is 131 Å². The Morgan fingerprint density at radius 2 is 2.14 bits per heavy atom. The standard InChI is InChI=1S/C14H22N4O3S/c1-15-14(19)8-11-5-6-12(18(11)2)9-17-22(20,21)13-4-3-7-16-10-13/h3-4,7,10-12,17H,5-6,8-9H2,1-2H3,(H,15,19)/t11-,12+/m1/s1. The first kappa shape index (κ1) is 16.9. The number of carbonyl (C=O) groups is 1. The Bertz CT molecular complexity index is 606. The fourth-order valence-electron chi connectivity index (χ4n) is 2.69. The zero-order valence-corrected chi connectivity index (χ0v) is 13.6. The molecule has 0 aromatic carbocycles. The molecule has 1 aliphatic rings. The molecule has 2 rings (SSSR count). The average molecular weight is 326 g/mol. The van der Waals surface area contributed by atoms with Gasteiger partial charge < -0.3 is 5.32 Å². The van der Waals surface area contributed by atoms with Crippen LogP contribution < -0.4 is 10.0 Å². The minimum absolute atomic E-state index is 0.00782. The molecule has 0 aliphatic carbocycles. The molecule has 1 fully saturated rings. The van der Waals surface area contributed by atoms with Gasteiger partial charge in [-0.2, -0.15) is 0 Å². The van der Waals surface area contributed by atoms with E-state index in [1.54, 1.807) is 13.1 Å². The van der Waals surface area contributed by atoms with Gasteiger partial charge in [-0.05, 0) is 32.0 Å². The second kappa shape index (κ2) is 7.17. The minimum Gasteiger partial charge on any atom is -0.359 e. The van der Waals surface area contributed by atoms with E-state index >= 15 is 0 Å². The number of likely N-dealkylation sites (N-methyl/N-ethyl adjacent to an activating group) is 1. The molecule has 22 heavy (non-hydrogen) atoms. The number of rotatable bonds is 6. The second-order valence-corrected chi connectivity index (χ2v) is 7.24. The predicted molar refractivity (Wildman–Crippen MR) is 82.7 cm³/mol. The Morgan fingerprint density at radius 3 is 2.77 bits per heavy atom. The molecular weight excluding hydrogens is 304 g/mol. The van der Waals surface area contributed by atoms with Gasteiger partial charge in [-0.3, -0.25) is 14.7 Å². The maximum Gasteiger partial charge on any atom is 0.242 e. The smallest absolute Gasteiger partial charge is 0.242 e. The van der Waals surface area contributed by atoms with Crippen molar-refractivity contribution in [2.75, 3.05) is 20.6 Å². The van der Waals surface area contributed by atoms with E-state index in [1.165, 1.54) is 18.5 Å². The summed E-state index contributed by atoms with van der Waals surface area (Å²) in [5, 5.41) is 2.62. The normalized spacial score (nSPS) is 22.6. The van der Waals surface area contributed by atoms with Gasteiger partial charge in [-0.25, -0.2) is 13.1 Å². The van der Waals surface area contributed by atoms with Crippen molar-refractivity contribution in [1.29, 1.82) is 0 Å². The van der Waals surface area contributed by atoms with Crippen LogP contribution >= 0.6 is 0 Å². The molecule has 1 aromatic rings. The summed E-state index contributed by atoms with van der Waals surface area (Å²) in [4.78, 5) is 17.5. The van der Waals surface area contributed by atoms with E-state index in [4.69, 9.17) is 0 Å². The lowest BCUT2D eigenvalue weighted by Gasteiger charge is -2.25. The van der Waals surface area contributed by atoms with Crippen molar-refractivity contribution in [3.63, 3.8) is 0 Å². The Morgan fingerprint density at radius 1 is 1.41 bits per heavy atom. The van der Waals surface area contributed by atoms with Crippen LogP contribution in [0.4, 0.5) is 0 Å². The maximum absolute atomic E-state index is 12.2. The molecule has 122 valence electrons. The highest BCUT2D eigenvalue weighted by Crippen LogP contribution is 2.24. The first-order chi connectivity index (χ1) is 10.4. The molecule has 0 bridgehead atoms. The molecule has 2 N–H and O–H groups in total. The molecule has 1 aromatic heterocycles. The van der Waals surface area contributed by atoms with Crippen LogP contribution in [0, 0.1) is 0 Å². The summed E-state index contributed by atoms with van der Waals surface area (Å²) in [5.74, 6) is 0.00782. The SMILES string of the molecule is CNC(=O)C[C@H]1CC[C@@H](CNS(=O)(=O)c2cccnc2)N1C. The van der Waals surface area contributed by atoms with Crippen LogP contribution in [0.2, 0.25) is 0 Å². The lowest BCUT2D eigenvalue weighted by molar-refractivity contribution is -0.121. The minimum atomic E-state index is -3.53. The molecule has 0 spiro atoms. The molecular formula is C14H22N4O3S. The first-order valence-corrected chi connectivity index (χ1v) is 8.74. The lowest BCUT2D eigenvalue weighted by atomic mass is 10.1. The summed E-state index contributed by atoms with van der Waals surface area (Å²) in [7, 11) is 0.0212. The number of aromatic nitrogens is 1. The topological polar surface area (TPSA) is 91.4 Å². The quantitative estimate of drug-likeness (QED) is 0.765. The van der Waals surface area contributed by atoms with E-state index in [-0.39, 0.29) is 22.9 Å². The van der Waals surface area contributed by atoms with Gasteiger partial charge in [0.1, 0.15) is 4.90 Å². The van der Waals surface area contributed by atoms with E-state index in [2.05, 4.69) is 19.9 Å². The van der Waals surface area contributed by atoms with Crippen molar-refractivity contribution in [3.8, 4) is 0 Å². The van der Waals surface area contributed by atoms with Crippen molar-refractivity contribution in [3.05, 3.63) is 24.5 Å². The third kappa shape index (κ3) is 4.02. The number of nitrogens with one attached hydrogen (secondary N) is 2. The fourth-order valence-corrected chi connectivity index (χ4v) is 3.73. The molecule has 0 radical (unpaired) electrons. The van der Waals surface area contributed by atoms with Crippen molar-refractivity contribution < 1.29 is 13.2 Å². The zero-order chi connectivity index (χ0) is 16.2. The van der Waals surface area contributed by atoms with E-state index in [9.17, 15) is 13.2 Å². The van der Waals surface area contributed by atoms with Crippen LogP contribution in [0.25, 0.3) is 0 Å². The molecule has 1 aliphatic heterocycles. The highest BCUT2D eigenvalue weighted by atomic mass is 32.2. The number of amides is 1. The molecule has 7 nitrogen and oxygen atoms in total. The zero-order valence-electron chi connectivity index (χ0n) is 12.8. The second-order valence-electron chi connectivity index (χ2n) is 5.47. The molecule has 1 amide bonds. The van der Waals surface area contributed by atoms with Crippen molar-refractivity contribution >= 4 is 15.9 Å². The Hall–Kier alpha value is -1.51. The number of hydrogen-bond donors (Lipinski definition) is 2. The van der Waals surface area contributed by atoms with Gasteiger partial charge in [0.05, 0.1) is 0 Å². The molecule has 0 saturated carbocycles. The predicted octanol–water partition coefficient (Wildman–Crippen LogP) is -0.0412. The molecule has 8 heteroatoms. The molecule has 0 unspecified atom stereocenters. The van der Waals surface area contributed by atoms with Crippen LogP contribution in [-0.2, 0) is 14.8 Å². The summed E-state index contributed by atoms with van der Waals surface area (Å²) >= 11 is 0. The highest BCUT2D eigenvalue weighted by Gasteiger charge is 2.32. The van der Waals surface area contributed by atoms with E-state index < -0.39 is 10.0 Å². The van der Waals surface area contributed by atoms with Crippen LogP contribution in [0.3, 0.4) is 0 Å². The van der Waals surface area contributed by atoms with Crippen LogP contribution in [0.5, 0.6) is 0 Å². The average Bonchev–Trinajstić information content (AvgIpc) is 2.86. The number of carbonyl (C=O) groups excluding carboxylic acids is 1. The summed E-state index contributed by atoms with van der Waals surface area (Å²) < 4.78 is 27.0. The largest absolute Gasteiger partial charge is 0.359 e. The van der Waals surface area contributed by atoms with E-state index in [0.717, 1.165) is 12.8 Å². The van der Waals surface area contributed by atoms with Gasteiger partial charge in [-0.1, -0.05) is 0 Å². The third-order valence-electron chi connectivity index (χ3n) is 4.14. The number of sulfonamides is 1. The van der Waals surface area contributed by atoms with Gasteiger partial charge >= 0.3 is 0 Å². The van der Waals surface area contributed by atoms with Gasteiger partial charge in [0.2, 0.25) is 15.9 Å². The van der Waals surface area contributed by atoms with Gasteiger partial charge in [0.25, 0.3) is 0 Å².